The van der Waals surface area contributed by atoms with Crippen molar-refractivity contribution in [2.75, 3.05) is 44.9 Å². The third-order valence-electron chi connectivity index (χ3n) is 5.90. The van der Waals surface area contributed by atoms with E-state index in [1.165, 1.54) is 15.4 Å². The van der Waals surface area contributed by atoms with Gasteiger partial charge in [0.2, 0.25) is 5.91 Å². The minimum Gasteiger partial charge on any atom is -0.466 e. The van der Waals surface area contributed by atoms with E-state index in [1.54, 1.807) is 43.3 Å². The molecule has 4 heterocycles. The number of esters is 1. The van der Waals surface area contributed by atoms with Gasteiger partial charge in [-0.05, 0) is 31.6 Å². The summed E-state index contributed by atoms with van der Waals surface area (Å²) in [6.45, 7) is 3.35. The number of carbonyl (C=O) groups is 3. The number of hydrogen-bond acceptors (Lipinski definition) is 10. The van der Waals surface area contributed by atoms with Crippen LogP contribution in [0.2, 0.25) is 0 Å². The van der Waals surface area contributed by atoms with Gasteiger partial charge < -0.3 is 19.7 Å². The van der Waals surface area contributed by atoms with Gasteiger partial charge >= 0.3 is 5.97 Å². The molecule has 1 N–H and O–H groups in total. The van der Waals surface area contributed by atoms with Crippen molar-refractivity contribution in [3.8, 4) is 0 Å². The summed E-state index contributed by atoms with van der Waals surface area (Å²) in [6.07, 6.45) is 3.46. The quantitative estimate of drug-likeness (QED) is 0.213. The number of pyridine rings is 1. The van der Waals surface area contributed by atoms with Gasteiger partial charge in [0, 0.05) is 39.5 Å². The summed E-state index contributed by atoms with van der Waals surface area (Å²) in [5.41, 5.74) is 0.0865. The van der Waals surface area contributed by atoms with E-state index in [0.717, 1.165) is 11.8 Å². The fourth-order valence-corrected chi connectivity index (χ4v) is 5.47. The molecular weight excluding hydrogens is 518 g/mol. The van der Waals surface area contributed by atoms with Gasteiger partial charge in [0.1, 0.15) is 21.8 Å². The Morgan fingerprint density at radius 3 is 2.89 bits per heavy atom. The van der Waals surface area contributed by atoms with Crippen LogP contribution in [-0.4, -0.2) is 82.4 Å². The smallest absolute Gasteiger partial charge is 0.308 e. The second-order valence-electron chi connectivity index (χ2n) is 8.27. The fraction of sp³-hybridized carbons (Fsp3) is 0.417. The molecule has 1 atom stereocenters. The molecule has 2 aliphatic heterocycles. The number of nitrogens with zero attached hydrogens (tertiary/aromatic N) is 4. The van der Waals surface area contributed by atoms with Gasteiger partial charge in [-0.1, -0.05) is 30.0 Å². The standard InChI is InChI=1S/C24H27N5O6S2/c1-3-35-19(30)14-16-21(31)25-8-11-27(16)20-15(22(32)28-9-5-4-7-18(28)26-20)13-17-23(33)29(24(36)37-17)10-6-12-34-2/h4-5,7,9,13,16H,3,6,8,10-12,14H2,1-2H3,(H,25,31)/b17-13+. The molecule has 196 valence electrons. The van der Waals surface area contributed by atoms with E-state index in [9.17, 15) is 19.2 Å². The van der Waals surface area contributed by atoms with E-state index in [2.05, 4.69) is 5.32 Å². The summed E-state index contributed by atoms with van der Waals surface area (Å²) < 4.78 is 11.9. The van der Waals surface area contributed by atoms with Crippen LogP contribution in [-0.2, 0) is 23.9 Å². The molecular formula is C24H27N5O6S2. The lowest BCUT2D eigenvalue weighted by Crippen LogP contribution is -2.57. The third kappa shape index (κ3) is 5.68. The van der Waals surface area contributed by atoms with Crippen molar-refractivity contribution in [1.29, 1.82) is 0 Å². The first kappa shape index (κ1) is 26.8. The highest BCUT2D eigenvalue weighted by Crippen LogP contribution is 2.34. The summed E-state index contributed by atoms with van der Waals surface area (Å²) >= 11 is 6.51. The normalized spacial score (nSPS) is 19.1. The number of anilines is 1. The molecule has 4 rings (SSSR count). The number of nitrogens with one attached hydrogen (secondary N) is 1. The number of piperazine rings is 1. The van der Waals surface area contributed by atoms with Gasteiger partial charge in [-0.3, -0.25) is 28.5 Å². The Bertz CT molecular complexity index is 1330. The zero-order valence-corrected chi connectivity index (χ0v) is 22.1. The number of thioether (sulfide) groups is 1. The maximum atomic E-state index is 13.6. The molecule has 0 aromatic carbocycles. The third-order valence-corrected chi connectivity index (χ3v) is 7.27. The van der Waals surface area contributed by atoms with Crippen LogP contribution in [0.15, 0.2) is 34.1 Å². The minimum atomic E-state index is -0.929. The zero-order valence-electron chi connectivity index (χ0n) is 20.5. The van der Waals surface area contributed by atoms with E-state index in [4.69, 9.17) is 26.7 Å². The fourth-order valence-electron chi connectivity index (χ4n) is 4.18. The van der Waals surface area contributed by atoms with Crippen molar-refractivity contribution >= 4 is 63.6 Å². The Morgan fingerprint density at radius 1 is 1.32 bits per heavy atom. The minimum absolute atomic E-state index is 0.129. The number of rotatable bonds is 9. The summed E-state index contributed by atoms with van der Waals surface area (Å²) in [6, 6.07) is 4.19. The number of fused-ring (bicyclic) bond motifs is 1. The molecule has 11 nitrogen and oxygen atoms in total. The van der Waals surface area contributed by atoms with Crippen LogP contribution in [0.1, 0.15) is 25.3 Å². The molecule has 2 amide bonds. The molecule has 0 spiro atoms. The Kier molecular flexibility index (Phi) is 8.56. The van der Waals surface area contributed by atoms with Crippen molar-refractivity contribution < 1.29 is 23.9 Å². The van der Waals surface area contributed by atoms with Crippen LogP contribution in [0, 0.1) is 0 Å². The van der Waals surface area contributed by atoms with Crippen LogP contribution < -0.4 is 15.8 Å². The highest BCUT2D eigenvalue weighted by molar-refractivity contribution is 8.26. The van der Waals surface area contributed by atoms with Gasteiger partial charge in [-0.2, -0.15) is 0 Å². The predicted molar refractivity (Wildman–Crippen MR) is 143 cm³/mol. The number of methoxy groups -OCH3 is 1. The second-order valence-corrected chi connectivity index (χ2v) is 9.95. The summed E-state index contributed by atoms with van der Waals surface area (Å²) in [7, 11) is 1.59. The molecule has 0 bridgehead atoms. The summed E-state index contributed by atoms with van der Waals surface area (Å²) in [4.78, 5) is 60.0. The average molecular weight is 546 g/mol. The second kappa shape index (κ2) is 11.8. The molecule has 2 aromatic rings. The first-order valence-electron chi connectivity index (χ1n) is 11.8. The number of amides is 2. The maximum absolute atomic E-state index is 13.6. The molecule has 1 unspecified atom stereocenters. The monoisotopic (exact) mass is 545 g/mol. The van der Waals surface area contributed by atoms with Crippen LogP contribution in [0.25, 0.3) is 11.7 Å². The average Bonchev–Trinajstić information content (AvgIpc) is 3.14. The van der Waals surface area contributed by atoms with Gasteiger partial charge in [0.05, 0.1) is 23.5 Å². The van der Waals surface area contributed by atoms with Crippen molar-refractivity contribution in [2.24, 2.45) is 0 Å². The Balaban J connectivity index is 1.80. The first-order valence-corrected chi connectivity index (χ1v) is 13.0. The molecule has 2 aliphatic rings. The predicted octanol–water partition coefficient (Wildman–Crippen LogP) is 1.19. The van der Waals surface area contributed by atoms with Crippen molar-refractivity contribution in [3.05, 3.63) is 45.2 Å². The zero-order chi connectivity index (χ0) is 26.5. The lowest BCUT2D eigenvalue weighted by molar-refractivity contribution is -0.145. The molecule has 13 heteroatoms. The summed E-state index contributed by atoms with van der Waals surface area (Å²) in [5, 5.41) is 2.76. The molecule has 2 saturated heterocycles. The highest BCUT2D eigenvalue weighted by Gasteiger charge is 2.36. The van der Waals surface area contributed by atoms with Gasteiger partial charge in [-0.25, -0.2) is 4.98 Å². The van der Waals surface area contributed by atoms with Crippen molar-refractivity contribution in [2.45, 2.75) is 25.8 Å². The molecule has 2 aromatic heterocycles. The Labute approximate surface area is 222 Å². The Morgan fingerprint density at radius 2 is 2.14 bits per heavy atom. The highest BCUT2D eigenvalue weighted by atomic mass is 32.2. The van der Waals surface area contributed by atoms with E-state index in [-0.39, 0.29) is 41.1 Å². The van der Waals surface area contributed by atoms with Crippen LogP contribution >= 0.6 is 24.0 Å². The van der Waals surface area contributed by atoms with E-state index < -0.39 is 17.6 Å². The van der Waals surface area contributed by atoms with E-state index in [0.29, 0.717) is 42.6 Å². The molecule has 2 fully saturated rings. The van der Waals surface area contributed by atoms with Crippen LogP contribution in [0.5, 0.6) is 0 Å². The molecule has 0 saturated carbocycles. The molecule has 0 radical (unpaired) electrons. The van der Waals surface area contributed by atoms with Gasteiger partial charge in [0.15, 0.2) is 0 Å². The lowest BCUT2D eigenvalue weighted by atomic mass is 10.1. The number of hydrogen-bond donors (Lipinski definition) is 1. The largest absolute Gasteiger partial charge is 0.466 e. The van der Waals surface area contributed by atoms with Gasteiger partial charge in [0.25, 0.3) is 11.5 Å². The lowest BCUT2D eigenvalue weighted by Gasteiger charge is -2.36. The maximum Gasteiger partial charge on any atom is 0.308 e. The molecule has 37 heavy (non-hydrogen) atoms. The van der Waals surface area contributed by atoms with E-state index in [1.807, 2.05) is 0 Å². The Hall–Kier alpha value is -3.29. The van der Waals surface area contributed by atoms with Crippen LogP contribution in [0.3, 0.4) is 0 Å². The van der Waals surface area contributed by atoms with E-state index >= 15 is 0 Å². The first-order chi connectivity index (χ1) is 17.8. The van der Waals surface area contributed by atoms with Crippen molar-refractivity contribution in [1.82, 2.24) is 19.6 Å². The van der Waals surface area contributed by atoms with Crippen LogP contribution in [0.4, 0.5) is 5.82 Å². The summed E-state index contributed by atoms with van der Waals surface area (Å²) in [5.74, 6) is -1.01. The van der Waals surface area contributed by atoms with Crippen molar-refractivity contribution in [3.63, 3.8) is 0 Å². The van der Waals surface area contributed by atoms with Gasteiger partial charge in [-0.15, -0.1) is 0 Å². The number of thiocarbonyl (C=S) groups is 1. The number of aromatic nitrogens is 2. The molecule has 0 aliphatic carbocycles. The SMILES string of the molecule is CCOC(=O)CC1C(=O)NCCN1c1nc2ccccn2c(=O)c1/C=C1/SC(=S)N(CCCOC)C1=O. The number of carbonyl (C=O) groups excluding carboxylic acids is 3. The topological polar surface area (TPSA) is 123 Å². The number of ether oxygens (including phenoxy) is 2.